The maximum atomic E-state index is 5.97. The number of aromatic nitrogens is 1. The van der Waals surface area contributed by atoms with E-state index < -0.39 is 0 Å². The molecule has 1 heterocycles. The molecule has 2 N–H and O–H groups in total. The van der Waals surface area contributed by atoms with Crippen molar-refractivity contribution in [2.75, 3.05) is 0 Å². The third kappa shape index (κ3) is 3.25. The molecule has 1 aromatic carbocycles. The quantitative estimate of drug-likeness (QED) is 0.924. The molecule has 0 aliphatic carbocycles. The summed E-state index contributed by atoms with van der Waals surface area (Å²) in [5, 5.41) is 1.71. The minimum Gasteiger partial charge on any atom is -0.326 e. The summed E-state index contributed by atoms with van der Waals surface area (Å²) in [5.41, 5.74) is 9.03. The Morgan fingerprint density at radius 2 is 2.00 bits per heavy atom. The molecule has 0 bridgehead atoms. The van der Waals surface area contributed by atoms with Gasteiger partial charge in [0.05, 0.1) is 0 Å². The van der Waals surface area contributed by atoms with Gasteiger partial charge < -0.3 is 5.73 Å². The van der Waals surface area contributed by atoms with Crippen molar-refractivity contribution in [1.82, 2.24) is 4.98 Å². The minimum absolute atomic E-state index is 0.480. The number of halogens is 1. The van der Waals surface area contributed by atoms with Crippen molar-refractivity contribution < 1.29 is 0 Å². The average molecular weight is 279 g/mol. The summed E-state index contributed by atoms with van der Waals surface area (Å²) in [4.78, 5) is 5.63. The van der Waals surface area contributed by atoms with E-state index in [1.54, 1.807) is 11.8 Å². The molecule has 1 aromatic heterocycles. The van der Waals surface area contributed by atoms with Gasteiger partial charge in [0.1, 0.15) is 5.03 Å². The van der Waals surface area contributed by atoms with Crippen LogP contribution >= 0.6 is 23.4 Å². The van der Waals surface area contributed by atoms with E-state index >= 15 is 0 Å². The van der Waals surface area contributed by atoms with E-state index in [0.717, 1.165) is 21.2 Å². The largest absolute Gasteiger partial charge is 0.326 e. The lowest BCUT2D eigenvalue weighted by Crippen LogP contribution is -1.98. The Balaban J connectivity index is 2.33. The van der Waals surface area contributed by atoms with Crippen molar-refractivity contribution in [2.45, 2.75) is 30.3 Å². The monoisotopic (exact) mass is 278 g/mol. The molecular weight excluding hydrogens is 264 g/mol. The highest BCUT2D eigenvalue weighted by Crippen LogP contribution is 2.31. The van der Waals surface area contributed by atoms with Crippen molar-refractivity contribution >= 4 is 23.4 Å². The Morgan fingerprint density at radius 3 is 2.67 bits per heavy atom. The van der Waals surface area contributed by atoms with Crippen molar-refractivity contribution in [3.05, 3.63) is 52.2 Å². The highest BCUT2D eigenvalue weighted by molar-refractivity contribution is 7.99. The zero-order chi connectivity index (χ0) is 13.1. The molecule has 4 heteroatoms. The van der Waals surface area contributed by atoms with E-state index in [1.165, 1.54) is 5.56 Å². The maximum absolute atomic E-state index is 5.97. The molecule has 0 atom stereocenters. The van der Waals surface area contributed by atoms with Crippen LogP contribution < -0.4 is 5.73 Å². The smallest absolute Gasteiger partial charge is 0.101 e. The number of pyridine rings is 1. The van der Waals surface area contributed by atoms with Gasteiger partial charge in [0.15, 0.2) is 0 Å². The van der Waals surface area contributed by atoms with Crippen LogP contribution in [-0.2, 0) is 6.54 Å². The summed E-state index contributed by atoms with van der Waals surface area (Å²) < 4.78 is 0. The van der Waals surface area contributed by atoms with E-state index in [4.69, 9.17) is 17.3 Å². The number of nitrogens with two attached hydrogens (primary N) is 1. The summed E-state index contributed by atoms with van der Waals surface area (Å²) in [7, 11) is 0. The van der Waals surface area contributed by atoms with Gasteiger partial charge in [-0.1, -0.05) is 23.4 Å². The fourth-order valence-corrected chi connectivity index (χ4v) is 3.04. The topological polar surface area (TPSA) is 38.9 Å². The van der Waals surface area contributed by atoms with Gasteiger partial charge in [-0.3, -0.25) is 0 Å². The third-order valence-electron chi connectivity index (χ3n) is 2.53. The van der Waals surface area contributed by atoms with Crippen LogP contribution in [-0.4, -0.2) is 4.98 Å². The molecule has 0 radical (unpaired) electrons. The third-order valence-corrected chi connectivity index (χ3v) is 3.80. The summed E-state index contributed by atoms with van der Waals surface area (Å²) in [6.45, 7) is 4.56. The second-order valence-corrected chi connectivity index (χ2v) is 5.68. The van der Waals surface area contributed by atoms with E-state index in [-0.39, 0.29) is 0 Å². The summed E-state index contributed by atoms with van der Waals surface area (Å²) in [5.74, 6) is 0. The molecule has 94 valence electrons. The molecule has 2 aromatic rings. The van der Waals surface area contributed by atoms with Crippen molar-refractivity contribution in [2.24, 2.45) is 5.73 Å². The van der Waals surface area contributed by atoms with Gasteiger partial charge >= 0.3 is 0 Å². The summed E-state index contributed by atoms with van der Waals surface area (Å²) in [6, 6.07) is 9.93. The van der Waals surface area contributed by atoms with Crippen LogP contribution in [0.1, 0.15) is 16.8 Å². The Hall–Kier alpha value is -1.03. The molecule has 0 unspecified atom stereocenters. The molecule has 0 saturated heterocycles. The minimum atomic E-state index is 0.480. The summed E-state index contributed by atoms with van der Waals surface area (Å²) in [6.07, 6.45) is 0. The zero-order valence-corrected chi connectivity index (χ0v) is 12.0. The first-order valence-electron chi connectivity index (χ1n) is 5.70. The molecule has 0 aliphatic heterocycles. The molecule has 0 fully saturated rings. The Labute approximate surface area is 117 Å². The van der Waals surface area contributed by atoms with Crippen molar-refractivity contribution in [3.63, 3.8) is 0 Å². The van der Waals surface area contributed by atoms with Gasteiger partial charge in [0, 0.05) is 22.2 Å². The highest BCUT2D eigenvalue weighted by atomic mass is 35.5. The SMILES string of the molecule is Cc1cc(C)nc(Sc2ccc(Cl)cc2CN)c1. The fourth-order valence-electron chi connectivity index (χ4n) is 1.78. The predicted octanol–water partition coefficient (Wildman–Crippen LogP) is 3.96. The van der Waals surface area contributed by atoms with Crippen molar-refractivity contribution in [1.29, 1.82) is 0 Å². The van der Waals surface area contributed by atoms with Gasteiger partial charge in [-0.25, -0.2) is 4.98 Å². The van der Waals surface area contributed by atoms with Gasteiger partial charge in [-0.15, -0.1) is 0 Å². The molecule has 0 aliphatic rings. The second kappa shape index (κ2) is 5.74. The predicted molar refractivity (Wildman–Crippen MR) is 77.2 cm³/mol. The normalized spacial score (nSPS) is 10.7. The lowest BCUT2D eigenvalue weighted by molar-refractivity contribution is 1.01. The average Bonchev–Trinajstić information content (AvgIpc) is 2.30. The standard InChI is InChI=1S/C14H15ClN2S/c1-9-5-10(2)17-14(6-9)18-13-4-3-12(15)7-11(13)8-16/h3-7H,8,16H2,1-2H3. The molecule has 0 saturated carbocycles. The van der Waals surface area contributed by atoms with Crippen molar-refractivity contribution in [3.8, 4) is 0 Å². The second-order valence-electron chi connectivity index (χ2n) is 4.18. The van der Waals surface area contributed by atoms with Crippen LogP contribution in [0.15, 0.2) is 40.3 Å². The first kappa shape index (κ1) is 13.4. The molecule has 2 rings (SSSR count). The fraction of sp³-hybridized carbons (Fsp3) is 0.214. The van der Waals surface area contributed by atoms with E-state index in [0.29, 0.717) is 11.6 Å². The lowest BCUT2D eigenvalue weighted by atomic mass is 10.2. The summed E-state index contributed by atoms with van der Waals surface area (Å²) >= 11 is 7.59. The van der Waals surface area contributed by atoms with Gasteiger partial charge in [-0.05, 0) is 55.3 Å². The number of hydrogen-bond acceptors (Lipinski definition) is 3. The van der Waals surface area contributed by atoms with E-state index in [1.807, 2.05) is 25.1 Å². The molecular formula is C14H15ClN2S. The van der Waals surface area contributed by atoms with E-state index in [2.05, 4.69) is 24.0 Å². The molecule has 0 amide bonds. The van der Waals surface area contributed by atoms with Crippen LogP contribution in [0.25, 0.3) is 0 Å². The Bertz CT molecular complexity index is 549. The lowest BCUT2D eigenvalue weighted by Gasteiger charge is -2.08. The van der Waals surface area contributed by atoms with Crippen LogP contribution in [0.4, 0.5) is 0 Å². The van der Waals surface area contributed by atoms with Crippen LogP contribution in [0.3, 0.4) is 0 Å². The number of rotatable bonds is 3. The van der Waals surface area contributed by atoms with Crippen LogP contribution in [0, 0.1) is 13.8 Å². The Morgan fingerprint density at radius 1 is 1.22 bits per heavy atom. The molecule has 2 nitrogen and oxygen atoms in total. The van der Waals surface area contributed by atoms with Gasteiger partial charge in [-0.2, -0.15) is 0 Å². The first-order chi connectivity index (χ1) is 8.58. The number of aryl methyl sites for hydroxylation is 2. The Kier molecular flexibility index (Phi) is 4.27. The van der Waals surface area contributed by atoms with Crippen LogP contribution in [0.5, 0.6) is 0 Å². The maximum Gasteiger partial charge on any atom is 0.101 e. The first-order valence-corrected chi connectivity index (χ1v) is 6.89. The molecule has 18 heavy (non-hydrogen) atoms. The number of hydrogen-bond donors (Lipinski definition) is 1. The number of nitrogens with zero attached hydrogens (tertiary/aromatic N) is 1. The number of benzene rings is 1. The van der Waals surface area contributed by atoms with E-state index in [9.17, 15) is 0 Å². The van der Waals surface area contributed by atoms with Gasteiger partial charge in [0.25, 0.3) is 0 Å². The zero-order valence-electron chi connectivity index (χ0n) is 10.4. The van der Waals surface area contributed by atoms with Gasteiger partial charge in [0.2, 0.25) is 0 Å². The van der Waals surface area contributed by atoms with Crippen LogP contribution in [0.2, 0.25) is 5.02 Å². The molecule has 0 spiro atoms. The highest BCUT2D eigenvalue weighted by Gasteiger charge is 2.06.